The highest BCUT2D eigenvalue weighted by molar-refractivity contribution is 8.14. The lowest BCUT2D eigenvalue weighted by atomic mass is 9.93. The predicted molar refractivity (Wildman–Crippen MR) is 103 cm³/mol. The van der Waals surface area contributed by atoms with Crippen LogP contribution in [0.4, 0.5) is 0 Å². The molecule has 1 atom stereocenters. The minimum atomic E-state index is -0.679. The summed E-state index contributed by atoms with van der Waals surface area (Å²) < 4.78 is 16.1. The van der Waals surface area contributed by atoms with E-state index in [2.05, 4.69) is 4.99 Å². The summed E-state index contributed by atoms with van der Waals surface area (Å²) in [5.74, 6) is 1.25. The molecule has 0 spiro atoms. The molecule has 1 amide bonds. The molecule has 1 aromatic carbocycles. The normalized spacial score (nSPS) is 19.4. The first-order chi connectivity index (χ1) is 13.0. The molecule has 0 N–H and O–H groups in total. The van der Waals surface area contributed by atoms with Crippen molar-refractivity contribution in [2.24, 2.45) is 4.99 Å². The van der Waals surface area contributed by atoms with Gasteiger partial charge in [-0.3, -0.25) is 9.69 Å². The van der Waals surface area contributed by atoms with Crippen molar-refractivity contribution < 1.29 is 23.8 Å². The lowest BCUT2D eigenvalue weighted by Gasteiger charge is -2.39. The summed E-state index contributed by atoms with van der Waals surface area (Å²) in [6.45, 7) is 3.74. The molecule has 27 heavy (non-hydrogen) atoms. The van der Waals surface area contributed by atoms with Gasteiger partial charge in [0.25, 0.3) is 0 Å². The van der Waals surface area contributed by atoms with Crippen LogP contribution < -0.4 is 9.47 Å². The Kier molecular flexibility index (Phi) is 5.74. The predicted octanol–water partition coefficient (Wildman–Crippen LogP) is 2.92. The van der Waals surface area contributed by atoms with Crippen molar-refractivity contribution in [2.45, 2.75) is 26.3 Å². The van der Waals surface area contributed by atoms with Crippen molar-refractivity contribution in [1.29, 1.82) is 0 Å². The third-order valence-electron chi connectivity index (χ3n) is 4.43. The van der Waals surface area contributed by atoms with Gasteiger partial charge in [-0.15, -0.1) is 0 Å². The Morgan fingerprint density at radius 1 is 1.33 bits per heavy atom. The average molecular weight is 390 g/mol. The van der Waals surface area contributed by atoms with Crippen LogP contribution in [0.3, 0.4) is 0 Å². The molecule has 0 radical (unpaired) electrons. The highest BCUT2D eigenvalue weighted by Crippen LogP contribution is 2.44. The summed E-state index contributed by atoms with van der Waals surface area (Å²) in [5, 5.41) is 0.590. The second-order valence-corrected chi connectivity index (χ2v) is 7.05. The Labute approximate surface area is 162 Å². The Bertz CT molecular complexity index is 833. The standard InChI is InChI=1S/C19H22N2O5S/c1-5-26-18(23)16-11(2)20-19-21(15(22)8-9-27-19)17(16)13-10-12(24-3)6-7-14(13)25-4/h6-7,10,17H,5,8-9H2,1-4H3. The van der Waals surface area contributed by atoms with Gasteiger partial charge in [0.15, 0.2) is 5.17 Å². The zero-order valence-corrected chi connectivity index (χ0v) is 16.6. The second kappa shape index (κ2) is 8.04. The second-order valence-electron chi connectivity index (χ2n) is 5.99. The van der Waals surface area contributed by atoms with E-state index in [1.54, 1.807) is 51.2 Å². The fraction of sp³-hybridized carbons (Fsp3) is 0.421. The zero-order valence-electron chi connectivity index (χ0n) is 15.8. The summed E-state index contributed by atoms with van der Waals surface area (Å²) >= 11 is 1.50. The first kappa shape index (κ1) is 19.3. The minimum absolute atomic E-state index is 0.0864. The van der Waals surface area contributed by atoms with Crippen LogP contribution in [0, 0.1) is 0 Å². The van der Waals surface area contributed by atoms with E-state index in [0.717, 1.165) is 0 Å². The first-order valence-corrected chi connectivity index (χ1v) is 9.63. The van der Waals surface area contributed by atoms with Crippen LogP contribution in [0.1, 0.15) is 31.9 Å². The van der Waals surface area contributed by atoms with E-state index in [-0.39, 0.29) is 12.5 Å². The van der Waals surface area contributed by atoms with Crippen LogP contribution in [0.5, 0.6) is 11.5 Å². The number of carbonyl (C=O) groups excluding carboxylic acids is 2. The summed E-state index contributed by atoms with van der Waals surface area (Å²) in [5.41, 5.74) is 1.53. The molecule has 3 rings (SSSR count). The minimum Gasteiger partial charge on any atom is -0.497 e. The van der Waals surface area contributed by atoms with Crippen LogP contribution in [0.25, 0.3) is 0 Å². The van der Waals surface area contributed by atoms with Crippen LogP contribution >= 0.6 is 11.8 Å². The van der Waals surface area contributed by atoms with Gasteiger partial charge in [0.2, 0.25) is 5.91 Å². The van der Waals surface area contributed by atoms with Gasteiger partial charge in [-0.1, -0.05) is 11.8 Å². The molecule has 0 bridgehead atoms. The largest absolute Gasteiger partial charge is 0.497 e. The number of ether oxygens (including phenoxy) is 3. The zero-order chi connectivity index (χ0) is 19.6. The number of amidine groups is 1. The number of amides is 1. The molecule has 1 saturated heterocycles. The summed E-state index contributed by atoms with van der Waals surface area (Å²) in [6, 6.07) is 4.64. The van der Waals surface area contributed by atoms with Gasteiger partial charge in [-0.2, -0.15) is 0 Å². The Hall–Kier alpha value is -2.48. The summed E-state index contributed by atoms with van der Waals surface area (Å²) in [6.07, 6.45) is 0.377. The molecule has 2 aliphatic rings. The molecule has 0 aliphatic carbocycles. The van der Waals surface area contributed by atoms with Gasteiger partial charge in [0.05, 0.1) is 32.1 Å². The van der Waals surface area contributed by atoms with Crippen molar-refractivity contribution in [3.63, 3.8) is 0 Å². The molecule has 144 valence electrons. The molecule has 1 unspecified atom stereocenters. The van der Waals surface area contributed by atoms with Crippen LogP contribution in [0.2, 0.25) is 0 Å². The number of rotatable bonds is 5. The van der Waals surface area contributed by atoms with E-state index in [4.69, 9.17) is 14.2 Å². The van der Waals surface area contributed by atoms with Crippen molar-refractivity contribution in [3.05, 3.63) is 35.0 Å². The molecule has 2 heterocycles. The van der Waals surface area contributed by atoms with Gasteiger partial charge in [0.1, 0.15) is 17.5 Å². The molecule has 0 saturated carbocycles. The first-order valence-electron chi connectivity index (χ1n) is 8.65. The molecule has 1 fully saturated rings. The van der Waals surface area contributed by atoms with Gasteiger partial charge in [-0.05, 0) is 32.0 Å². The maximum absolute atomic E-state index is 12.8. The topological polar surface area (TPSA) is 77.4 Å². The number of hydrogen-bond acceptors (Lipinski definition) is 7. The molecular weight excluding hydrogens is 368 g/mol. The quantitative estimate of drug-likeness (QED) is 0.720. The molecular formula is C19H22N2O5S. The average Bonchev–Trinajstić information content (AvgIpc) is 2.66. The summed E-state index contributed by atoms with van der Waals surface area (Å²) in [4.78, 5) is 31.6. The van der Waals surface area contributed by atoms with Crippen molar-refractivity contribution in [1.82, 2.24) is 4.90 Å². The van der Waals surface area contributed by atoms with E-state index in [1.165, 1.54) is 11.8 Å². The number of fused-ring (bicyclic) bond motifs is 1. The third kappa shape index (κ3) is 3.53. The van der Waals surface area contributed by atoms with Crippen molar-refractivity contribution >= 4 is 28.8 Å². The van der Waals surface area contributed by atoms with Gasteiger partial charge >= 0.3 is 5.97 Å². The molecule has 8 heteroatoms. The molecule has 0 aromatic heterocycles. The number of methoxy groups -OCH3 is 2. The lowest BCUT2D eigenvalue weighted by Crippen LogP contribution is -2.46. The number of allylic oxidation sites excluding steroid dienone is 1. The Morgan fingerprint density at radius 3 is 2.78 bits per heavy atom. The Morgan fingerprint density at radius 2 is 2.11 bits per heavy atom. The highest BCUT2D eigenvalue weighted by atomic mass is 32.2. The number of esters is 1. The van der Waals surface area contributed by atoms with Crippen LogP contribution in [-0.2, 0) is 14.3 Å². The Balaban J connectivity index is 2.23. The number of hydrogen-bond donors (Lipinski definition) is 0. The van der Waals surface area contributed by atoms with Crippen LogP contribution in [0.15, 0.2) is 34.5 Å². The highest BCUT2D eigenvalue weighted by Gasteiger charge is 2.42. The van der Waals surface area contributed by atoms with E-state index in [0.29, 0.717) is 45.7 Å². The SMILES string of the molecule is CCOC(=O)C1=C(C)N=C2SCCC(=O)N2C1c1cc(OC)ccc1OC. The van der Waals surface area contributed by atoms with Gasteiger partial charge in [0, 0.05) is 17.7 Å². The van der Waals surface area contributed by atoms with Crippen molar-refractivity contribution in [3.8, 4) is 11.5 Å². The number of thioether (sulfide) groups is 1. The number of benzene rings is 1. The maximum atomic E-state index is 12.8. The molecule has 7 nitrogen and oxygen atoms in total. The number of carbonyl (C=O) groups is 2. The fourth-order valence-electron chi connectivity index (χ4n) is 3.21. The van der Waals surface area contributed by atoms with Crippen LogP contribution in [-0.4, -0.2) is 48.5 Å². The van der Waals surface area contributed by atoms with E-state index >= 15 is 0 Å². The van der Waals surface area contributed by atoms with E-state index in [1.807, 2.05) is 0 Å². The smallest absolute Gasteiger partial charge is 0.338 e. The van der Waals surface area contributed by atoms with Gasteiger partial charge in [-0.25, -0.2) is 9.79 Å². The van der Waals surface area contributed by atoms with Crippen molar-refractivity contribution in [2.75, 3.05) is 26.6 Å². The van der Waals surface area contributed by atoms with E-state index < -0.39 is 12.0 Å². The lowest BCUT2D eigenvalue weighted by molar-refractivity contribution is -0.139. The monoisotopic (exact) mass is 390 g/mol. The fourth-order valence-corrected chi connectivity index (χ4v) is 4.22. The maximum Gasteiger partial charge on any atom is 0.338 e. The molecule has 1 aromatic rings. The number of nitrogens with zero attached hydrogens (tertiary/aromatic N) is 2. The number of aliphatic imine (C=N–C) groups is 1. The van der Waals surface area contributed by atoms with E-state index in [9.17, 15) is 9.59 Å². The third-order valence-corrected chi connectivity index (χ3v) is 5.39. The molecule has 2 aliphatic heterocycles. The summed E-state index contributed by atoms with van der Waals surface area (Å²) in [7, 11) is 3.12. The van der Waals surface area contributed by atoms with Gasteiger partial charge < -0.3 is 14.2 Å².